The number of nitrogens with two attached hydrogens (primary N) is 1. The van der Waals surface area contributed by atoms with Gasteiger partial charge in [-0.2, -0.15) is 0 Å². The molecule has 2 atom stereocenters. The first kappa shape index (κ1) is 18.7. The van der Waals surface area contributed by atoms with Crippen LogP contribution in [0.4, 0.5) is 5.69 Å². The zero-order chi connectivity index (χ0) is 19.8. The summed E-state index contributed by atoms with van der Waals surface area (Å²) < 4.78 is 0. The van der Waals surface area contributed by atoms with Crippen LogP contribution in [0.15, 0.2) is 24.3 Å². The first-order valence-electron chi connectivity index (χ1n) is 10.0. The zero-order valence-electron chi connectivity index (χ0n) is 15.8. The summed E-state index contributed by atoms with van der Waals surface area (Å²) in [7, 11) is 0. The van der Waals surface area contributed by atoms with Crippen molar-refractivity contribution in [2.45, 2.75) is 38.5 Å². The summed E-state index contributed by atoms with van der Waals surface area (Å²) in [5.41, 5.74) is 6.39. The first-order chi connectivity index (χ1) is 13.5. The number of amides is 4. The van der Waals surface area contributed by atoms with Gasteiger partial charge in [-0.3, -0.25) is 24.1 Å². The number of carbonyl (C=O) groups is 4. The predicted molar refractivity (Wildman–Crippen MR) is 102 cm³/mol. The standard InChI is InChI=1S/C21H25N3O4/c22-18(25)13-9-11-23(12-10-13)19(26)14-5-7-15(8-6-14)24-20(27)16-3-1-2-4-17(16)21(24)28/h5-8,13,16-17H,1-4,9-12H2,(H2,22,25). The highest BCUT2D eigenvalue weighted by molar-refractivity contribution is 6.22. The Morgan fingerprint density at radius 2 is 1.39 bits per heavy atom. The molecule has 1 aliphatic carbocycles. The van der Waals surface area contributed by atoms with Gasteiger partial charge in [-0.15, -0.1) is 0 Å². The van der Waals surface area contributed by atoms with E-state index in [1.807, 2.05) is 0 Å². The number of primary amides is 1. The molecule has 0 aromatic heterocycles. The number of fused-ring (bicyclic) bond motifs is 1. The number of hydrogen-bond donors (Lipinski definition) is 1. The third-order valence-corrected chi connectivity index (χ3v) is 6.40. The molecule has 28 heavy (non-hydrogen) atoms. The first-order valence-corrected chi connectivity index (χ1v) is 10.0. The molecule has 3 aliphatic rings. The van der Waals surface area contributed by atoms with Crippen molar-refractivity contribution in [1.29, 1.82) is 0 Å². The van der Waals surface area contributed by atoms with E-state index in [9.17, 15) is 19.2 Å². The summed E-state index contributed by atoms with van der Waals surface area (Å²) in [6.07, 6.45) is 4.71. The Hall–Kier alpha value is -2.70. The van der Waals surface area contributed by atoms with E-state index in [2.05, 4.69) is 0 Å². The number of piperidine rings is 1. The second kappa shape index (κ2) is 7.37. The molecule has 0 bridgehead atoms. The van der Waals surface area contributed by atoms with Gasteiger partial charge >= 0.3 is 0 Å². The van der Waals surface area contributed by atoms with Crippen LogP contribution in [0.3, 0.4) is 0 Å². The van der Waals surface area contributed by atoms with Crippen LogP contribution < -0.4 is 10.6 Å². The lowest BCUT2D eigenvalue weighted by atomic mass is 9.81. The van der Waals surface area contributed by atoms with Crippen LogP contribution in [0.1, 0.15) is 48.9 Å². The molecule has 7 heteroatoms. The average molecular weight is 383 g/mol. The third-order valence-electron chi connectivity index (χ3n) is 6.40. The quantitative estimate of drug-likeness (QED) is 0.803. The Kier molecular flexibility index (Phi) is 4.91. The molecule has 1 saturated carbocycles. The molecule has 2 saturated heterocycles. The lowest BCUT2D eigenvalue weighted by molar-refractivity contribution is -0.123. The molecule has 1 aromatic carbocycles. The maximum atomic E-state index is 12.7. The van der Waals surface area contributed by atoms with E-state index in [-0.39, 0.29) is 41.4 Å². The molecule has 2 N–H and O–H groups in total. The number of anilines is 1. The van der Waals surface area contributed by atoms with Crippen LogP contribution in [0, 0.1) is 17.8 Å². The molecule has 2 aliphatic heterocycles. The highest BCUT2D eigenvalue weighted by Gasteiger charge is 2.48. The third kappa shape index (κ3) is 3.19. The molecule has 2 unspecified atom stereocenters. The Bertz CT molecular complexity index is 787. The molecule has 0 spiro atoms. The smallest absolute Gasteiger partial charge is 0.253 e. The van der Waals surface area contributed by atoms with E-state index in [0.29, 0.717) is 37.2 Å². The van der Waals surface area contributed by atoms with Crippen LogP contribution in [0.2, 0.25) is 0 Å². The molecular weight excluding hydrogens is 358 g/mol. The summed E-state index contributed by atoms with van der Waals surface area (Å²) in [6, 6.07) is 6.69. The summed E-state index contributed by atoms with van der Waals surface area (Å²) >= 11 is 0. The number of nitrogens with zero attached hydrogens (tertiary/aromatic N) is 2. The number of benzene rings is 1. The topological polar surface area (TPSA) is 101 Å². The van der Waals surface area contributed by atoms with E-state index < -0.39 is 0 Å². The van der Waals surface area contributed by atoms with Crippen molar-refractivity contribution in [1.82, 2.24) is 4.90 Å². The monoisotopic (exact) mass is 383 g/mol. The fourth-order valence-electron chi connectivity index (χ4n) is 4.72. The van der Waals surface area contributed by atoms with Crippen molar-refractivity contribution in [3.8, 4) is 0 Å². The summed E-state index contributed by atoms with van der Waals surface area (Å²) in [4.78, 5) is 52.4. The van der Waals surface area contributed by atoms with Gasteiger partial charge in [-0.05, 0) is 49.9 Å². The minimum Gasteiger partial charge on any atom is -0.369 e. The van der Waals surface area contributed by atoms with Gasteiger partial charge in [0.2, 0.25) is 17.7 Å². The lowest BCUT2D eigenvalue weighted by Crippen LogP contribution is -2.41. The summed E-state index contributed by atoms with van der Waals surface area (Å²) in [5, 5.41) is 0. The Morgan fingerprint density at radius 1 is 0.857 bits per heavy atom. The number of imide groups is 1. The van der Waals surface area contributed by atoms with Gasteiger partial charge < -0.3 is 10.6 Å². The van der Waals surface area contributed by atoms with Crippen molar-refractivity contribution in [2.75, 3.05) is 18.0 Å². The molecule has 4 rings (SSSR count). The van der Waals surface area contributed by atoms with Crippen molar-refractivity contribution in [3.05, 3.63) is 29.8 Å². The Labute approximate surface area is 163 Å². The maximum absolute atomic E-state index is 12.7. The van der Waals surface area contributed by atoms with E-state index in [1.54, 1.807) is 29.2 Å². The van der Waals surface area contributed by atoms with E-state index in [1.165, 1.54) is 4.90 Å². The van der Waals surface area contributed by atoms with Gasteiger partial charge in [0.05, 0.1) is 17.5 Å². The van der Waals surface area contributed by atoms with Crippen LogP contribution in [0.25, 0.3) is 0 Å². The Morgan fingerprint density at radius 3 is 1.89 bits per heavy atom. The Balaban J connectivity index is 1.45. The lowest BCUT2D eigenvalue weighted by Gasteiger charge is -2.30. The van der Waals surface area contributed by atoms with Crippen molar-refractivity contribution in [2.24, 2.45) is 23.5 Å². The average Bonchev–Trinajstić information content (AvgIpc) is 2.98. The molecule has 2 heterocycles. The van der Waals surface area contributed by atoms with Crippen molar-refractivity contribution >= 4 is 29.3 Å². The van der Waals surface area contributed by atoms with Crippen LogP contribution in [-0.2, 0) is 14.4 Å². The molecule has 7 nitrogen and oxygen atoms in total. The maximum Gasteiger partial charge on any atom is 0.253 e. The van der Waals surface area contributed by atoms with Crippen LogP contribution in [-0.4, -0.2) is 41.6 Å². The summed E-state index contributed by atoms with van der Waals surface area (Å²) in [6.45, 7) is 1.00. The van der Waals surface area contributed by atoms with Crippen molar-refractivity contribution < 1.29 is 19.2 Å². The minimum atomic E-state index is -0.308. The van der Waals surface area contributed by atoms with Gasteiger partial charge in [0, 0.05) is 24.6 Å². The normalized spacial score (nSPS) is 25.7. The van der Waals surface area contributed by atoms with Gasteiger partial charge in [0.1, 0.15) is 0 Å². The largest absolute Gasteiger partial charge is 0.369 e. The SMILES string of the molecule is NC(=O)C1CCN(C(=O)c2ccc(N3C(=O)C4CCCCC4C3=O)cc2)CC1. The number of likely N-dealkylation sites (tertiary alicyclic amines) is 1. The fraction of sp³-hybridized carbons (Fsp3) is 0.524. The van der Waals surface area contributed by atoms with E-state index >= 15 is 0 Å². The number of carbonyl (C=O) groups excluding carboxylic acids is 4. The molecule has 4 amide bonds. The molecular formula is C21H25N3O4. The molecule has 1 aromatic rings. The highest BCUT2D eigenvalue weighted by atomic mass is 16.2. The molecule has 148 valence electrons. The zero-order valence-corrected chi connectivity index (χ0v) is 15.8. The van der Waals surface area contributed by atoms with Crippen LogP contribution in [0.5, 0.6) is 0 Å². The van der Waals surface area contributed by atoms with E-state index in [4.69, 9.17) is 5.73 Å². The number of hydrogen-bond acceptors (Lipinski definition) is 4. The van der Waals surface area contributed by atoms with Gasteiger partial charge in [0.15, 0.2) is 0 Å². The molecule has 3 fully saturated rings. The van der Waals surface area contributed by atoms with E-state index in [0.717, 1.165) is 25.7 Å². The fourth-order valence-corrected chi connectivity index (χ4v) is 4.72. The highest BCUT2D eigenvalue weighted by Crippen LogP contribution is 2.40. The summed E-state index contributed by atoms with van der Waals surface area (Å²) in [5.74, 6) is -1.17. The van der Waals surface area contributed by atoms with Crippen LogP contribution >= 0.6 is 0 Å². The minimum absolute atomic E-state index is 0.109. The predicted octanol–water partition coefficient (Wildman–Crippen LogP) is 1.70. The van der Waals surface area contributed by atoms with Gasteiger partial charge in [-0.25, -0.2) is 0 Å². The second-order valence-electron chi connectivity index (χ2n) is 8.03. The second-order valence-corrected chi connectivity index (χ2v) is 8.03. The van der Waals surface area contributed by atoms with Gasteiger partial charge in [-0.1, -0.05) is 12.8 Å². The van der Waals surface area contributed by atoms with Gasteiger partial charge in [0.25, 0.3) is 5.91 Å². The molecule has 0 radical (unpaired) electrons. The van der Waals surface area contributed by atoms with Crippen molar-refractivity contribution in [3.63, 3.8) is 0 Å². The number of rotatable bonds is 3.